The lowest BCUT2D eigenvalue weighted by Gasteiger charge is -2.18. The van der Waals surface area contributed by atoms with E-state index in [1.807, 2.05) is 0 Å². The number of nitrogens with one attached hydrogen (secondary N) is 1. The molecule has 4 nitrogen and oxygen atoms in total. The highest BCUT2D eigenvalue weighted by Gasteiger charge is 2.31. The number of alkyl halides is 3. The lowest BCUT2D eigenvalue weighted by atomic mass is 10.0. The van der Waals surface area contributed by atoms with E-state index in [0.717, 1.165) is 19.3 Å². The van der Waals surface area contributed by atoms with Gasteiger partial charge in [0.05, 0.1) is 12.5 Å². The summed E-state index contributed by atoms with van der Waals surface area (Å²) in [6.45, 7) is -0.968. The van der Waals surface area contributed by atoms with Crippen LogP contribution in [0.4, 0.5) is 13.2 Å². The topological polar surface area (TPSA) is 64.4 Å². The Morgan fingerprint density at radius 3 is 2.71 bits per heavy atom. The van der Waals surface area contributed by atoms with Gasteiger partial charge < -0.3 is 15.8 Å². The van der Waals surface area contributed by atoms with E-state index in [4.69, 9.17) is 5.73 Å². The lowest BCUT2D eigenvalue weighted by Crippen LogP contribution is -2.40. The van der Waals surface area contributed by atoms with Crippen LogP contribution < -0.4 is 11.1 Å². The zero-order chi connectivity index (χ0) is 12.9. The van der Waals surface area contributed by atoms with Crippen molar-refractivity contribution in [3.05, 3.63) is 0 Å². The van der Waals surface area contributed by atoms with Crippen LogP contribution in [0.15, 0.2) is 0 Å². The van der Waals surface area contributed by atoms with Gasteiger partial charge in [-0.25, -0.2) is 0 Å². The predicted octanol–water partition coefficient (Wildman–Crippen LogP) is 0.809. The Labute approximate surface area is 97.7 Å². The fourth-order valence-corrected chi connectivity index (χ4v) is 2.05. The van der Waals surface area contributed by atoms with Crippen LogP contribution in [0.3, 0.4) is 0 Å². The van der Waals surface area contributed by atoms with Gasteiger partial charge in [0.1, 0.15) is 6.61 Å². The molecule has 0 heterocycles. The Bertz CT molecular complexity index is 258. The molecule has 0 aliphatic heterocycles. The molecule has 1 rings (SSSR count). The van der Waals surface area contributed by atoms with Crippen LogP contribution in [-0.4, -0.2) is 37.9 Å². The van der Waals surface area contributed by atoms with Gasteiger partial charge in [0.25, 0.3) is 0 Å². The predicted molar refractivity (Wildman–Crippen MR) is 55.2 cm³/mol. The van der Waals surface area contributed by atoms with Crippen LogP contribution in [0.1, 0.15) is 19.3 Å². The van der Waals surface area contributed by atoms with Gasteiger partial charge in [-0.2, -0.15) is 13.2 Å². The first-order valence-corrected chi connectivity index (χ1v) is 5.57. The second-order valence-corrected chi connectivity index (χ2v) is 4.17. The highest BCUT2D eigenvalue weighted by molar-refractivity contribution is 5.77. The fourth-order valence-electron chi connectivity index (χ4n) is 2.05. The van der Waals surface area contributed by atoms with Crippen LogP contribution in [0.2, 0.25) is 0 Å². The number of amides is 1. The summed E-state index contributed by atoms with van der Waals surface area (Å²) in [5.41, 5.74) is 5.22. The molecule has 0 spiro atoms. The fraction of sp³-hybridized carbons (Fsp3) is 0.900. The number of carbonyl (C=O) groups is 1. The Kier molecular flexibility index (Phi) is 5.20. The summed E-state index contributed by atoms with van der Waals surface area (Å²) in [6.07, 6.45) is -1.80. The molecule has 1 aliphatic carbocycles. The molecule has 3 N–H and O–H groups in total. The summed E-state index contributed by atoms with van der Waals surface area (Å²) >= 11 is 0. The lowest BCUT2D eigenvalue weighted by molar-refractivity contribution is -0.173. The first kappa shape index (κ1) is 14.2. The Morgan fingerprint density at radius 1 is 1.41 bits per heavy atom. The van der Waals surface area contributed by atoms with Crippen molar-refractivity contribution < 1.29 is 22.7 Å². The van der Waals surface area contributed by atoms with Gasteiger partial charge in [0.15, 0.2) is 0 Å². The third-order valence-electron chi connectivity index (χ3n) is 2.80. The number of halogens is 3. The van der Waals surface area contributed by atoms with Crippen molar-refractivity contribution in [1.29, 1.82) is 0 Å². The minimum absolute atomic E-state index is 0.0259. The van der Waals surface area contributed by atoms with Gasteiger partial charge in [-0.05, 0) is 12.8 Å². The molecule has 0 bridgehead atoms. The Hall–Kier alpha value is -0.820. The van der Waals surface area contributed by atoms with Gasteiger partial charge >= 0.3 is 6.18 Å². The molecule has 100 valence electrons. The molecule has 0 aromatic rings. The van der Waals surface area contributed by atoms with Crippen LogP contribution in [0.5, 0.6) is 0 Å². The molecule has 0 saturated heterocycles. The van der Waals surface area contributed by atoms with Crippen molar-refractivity contribution in [1.82, 2.24) is 5.32 Å². The van der Waals surface area contributed by atoms with Gasteiger partial charge in [0, 0.05) is 12.6 Å². The van der Waals surface area contributed by atoms with E-state index in [-0.39, 0.29) is 24.5 Å². The number of ether oxygens (including phenoxy) is 1. The van der Waals surface area contributed by atoms with Crippen molar-refractivity contribution in [3.63, 3.8) is 0 Å². The maximum Gasteiger partial charge on any atom is 0.411 e. The first-order chi connectivity index (χ1) is 7.90. The molecule has 0 unspecified atom stereocenters. The van der Waals surface area contributed by atoms with Gasteiger partial charge in [-0.1, -0.05) is 6.42 Å². The first-order valence-electron chi connectivity index (χ1n) is 5.57. The molecule has 0 radical (unpaired) electrons. The minimum atomic E-state index is -4.29. The van der Waals surface area contributed by atoms with Crippen LogP contribution in [0, 0.1) is 5.92 Å². The second kappa shape index (κ2) is 6.20. The van der Waals surface area contributed by atoms with Crippen LogP contribution in [-0.2, 0) is 9.53 Å². The molecular formula is C10H17F3N2O2. The second-order valence-electron chi connectivity index (χ2n) is 4.17. The molecule has 0 aromatic heterocycles. The smallest absolute Gasteiger partial charge is 0.371 e. The minimum Gasteiger partial charge on any atom is -0.371 e. The summed E-state index contributed by atoms with van der Waals surface area (Å²) in [6, 6.07) is -0.0259. The van der Waals surface area contributed by atoms with E-state index in [0.29, 0.717) is 6.54 Å². The number of nitrogens with two attached hydrogens (primary N) is 1. The van der Waals surface area contributed by atoms with E-state index in [1.165, 1.54) is 0 Å². The van der Waals surface area contributed by atoms with Crippen molar-refractivity contribution in [2.45, 2.75) is 31.5 Å². The van der Waals surface area contributed by atoms with E-state index >= 15 is 0 Å². The largest absolute Gasteiger partial charge is 0.411 e. The number of hydrogen-bond donors (Lipinski definition) is 2. The van der Waals surface area contributed by atoms with Gasteiger partial charge in [-0.3, -0.25) is 4.79 Å². The van der Waals surface area contributed by atoms with E-state index in [2.05, 4.69) is 10.1 Å². The van der Waals surface area contributed by atoms with Gasteiger partial charge in [-0.15, -0.1) is 0 Å². The van der Waals surface area contributed by atoms with E-state index in [9.17, 15) is 18.0 Å². The van der Waals surface area contributed by atoms with Crippen molar-refractivity contribution in [2.24, 2.45) is 11.7 Å². The SMILES string of the molecule is NC(=O)[C@@H]1CCC[C@@H]1NCCOCC(F)(F)F. The number of hydrogen-bond acceptors (Lipinski definition) is 3. The number of rotatable bonds is 6. The third kappa shape index (κ3) is 5.36. The molecule has 1 amide bonds. The Morgan fingerprint density at radius 2 is 2.12 bits per heavy atom. The van der Waals surface area contributed by atoms with E-state index < -0.39 is 12.8 Å². The summed E-state index contributed by atoms with van der Waals surface area (Å²) < 4.78 is 39.7. The highest BCUT2D eigenvalue weighted by Crippen LogP contribution is 2.25. The molecule has 0 aromatic carbocycles. The maximum absolute atomic E-state index is 11.7. The molecule has 2 atom stereocenters. The molecule has 1 saturated carbocycles. The quantitative estimate of drug-likeness (QED) is 0.689. The molecule has 17 heavy (non-hydrogen) atoms. The summed E-state index contributed by atoms with van der Waals surface area (Å²) in [5.74, 6) is -0.561. The van der Waals surface area contributed by atoms with Gasteiger partial charge in [0.2, 0.25) is 5.91 Å². The number of carbonyl (C=O) groups excluding carboxylic acids is 1. The Balaban J connectivity index is 2.12. The molecule has 1 fully saturated rings. The van der Waals surface area contributed by atoms with Crippen molar-refractivity contribution >= 4 is 5.91 Å². The number of primary amides is 1. The van der Waals surface area contributed by atoms with Crippen LogP contribution >= 0.6 is 0 Å². The third-order valence-corrected chi connectivity index (χ3v) is 2.80. The molecular weight excluding hydrogens is 237 g/mol. The maximum atomic E-state index is 11.7. The molecule has 1 aliphatic rings. The standard InChI is InChI=1S/C10H17F3N2O2/c11-10(12,13)6-17-5-4-15-8-3-1-2-7(8)9(14)16/h7-8,15H,1-6H2,(H2,14,16)/t7-,8+/m1/s1. The average Bonchev–Trinajstić information content (AvgIpc) is 2.63. The average molecular weight is 254 g/mol. The highest BCUT2D eigenvalue weighted by atomic mass is 19.4. The molecule has 7 heteroatoms. The van der Waals surface area contributed by atoms with E-state index in [1.54, 1.807) is 0 Å². The zero-order valence-electron chi connectivity index (χ0n) is 9.43. The summed E-state index contributed by atoms with van der Waals surface area (Å²) in [7, 11) is 0. The van der Waals surface area contributed by atoms with Crippen molar-refractivity contribution in [2.75, 3.05) is 19.8 Å². The zero-order valence-corrected chi connectivity index (χ0v) is 9.43. The monoisotopic (exact) mass is 254 g/mol. The van der Waals surface area contributed by atoms with Crippen LogP contribution in [0.25, 0.3) is 0 Å². The normalized spacial score (nSPS) is 25.1. The van der Waals surface area contributed by atoms with Crippen molar-refractivity contribution in [3.8, 4) is 0 Å². The summed E-state index contributed by atoms with van der Waals surface area (Å²) in [5, 5.41) is 3.01. The summed E-state index contributed by atoms with van der Waals surface area (Å²) in [4.78, 5) is 11.0.